The second-order valence-corrected chi connectivity index (χ2v) is 2.18. The minimum Gasteiger partial charge on any atom is -0.378 e. The van der Waals surface area contributed by atoms with E-state index in [1.165, 1.54) is 0 Å². The van der Waals surface area contributed by atoms with Crippen LogP contribution < -0.4 is 0 Å². The maximum atomic E-state index is 9.00. The highest BCUT2D eigenvalue weighted by atomic mass is 16.3. The van der Waals surface area contributed by atoms with Gasteiger partial charge in [0.25, 0.3) is 0 Å². The minimum absolute atomic E-state index is 0.913. The van der Waals surface area contributed by atoms with E-state index < -0.39 is 5.60 Å². The standard InChI is InChI=1S/C8H10O/c1-4-5-6-7-8(2,3)9/h9H,1-3H3. The minimum atomic E-state index is -0.913. The molecule has 9 heavy (non-hydrogen) atoms. The summed E-state index contributed by atoms with van der Waals surface area (Å²) < 4.78 is 0. The molecule has 0 atom stereocenters. The van der Waals surface area contributed by atoms with E-state index in [9.17, 15) is 0 Å². The third-order valence-corrected chi connectivity index (χ3v) is 0.556. The molecule has 0 aliphatic heterocycles. The molecule has 0 fully saturated rings. The summed E-state index contributed by atoms with van der Waals surface area (Å²) in [7, 11) is 0. The zero-order chi connectivity index (χ0) is 7.33. The quantitative estimate of drug-likeness (QED) is 0.471. The van der Waals surface area contributed by atoms with Crippen molar-refractivity contribution in [2.45, 2.75) is 26.4 Å². The summed E-state index contributed by atoms with van der Waals surface area (Å²) in [4.78, 5) is 0. The summed E-state index contributed by atoms with van der Waals surface area (Å²) in [5.74, 6) is 10.2. The van der Waals surface area contributed by atoms with Gasteiger partial charge in [0.15, 0.2) is 0 Å². The van der Waals surface area contributed by atoms with Gasteiger partial charge in [0, 0.05) is 0 Å². The molecule has 0 saturated heterocycles. The van der Waals surface area contributed by atoms with Crippen LogP contribution in [0.15, 0.2) is 0 Å². The monoisotopic (exact) mass is 122 g/mol. The Hall–Kier alpha value is -0.920. The van der Waals surface area contributed by atoms with Crippen molar-refractivity contribution in [3.8, 4) is 23.7 Å². The number of rotatable bonds is 0. The van der Waals surface area contributed by atoms with Crippen molar-refractivity contribution in [2.75, 3.05) is 0 Å². The van der Waals surface area contributed by atoms with Crippen molar-refractivity contribution in [1.29, 1.82) is 0 Å². The predicted octanol–water partition coefficient (Wildman–Crippen LogP) is 0.784. The first-order chi connectivity index (χ1) is 4.06. The van der Waals surface area contributed by atoms with E-state index in [1.807, 2.05) is 0 Å². The average molecular weight is 122 g/mol. The summed E-state index contributed by atoms with van der Waals surface area (Å²) in [5.41, 5.74) is -0.913. The summed E-state index contributed by atoms with van der Waals surface area (Å²) in [5, 5.41) is 9.00. The molecule has 1 heteroatoms. The summed E-state index contributed by atoms with van der Waals surface area (Å²) in [6.45, 7) is 4.95. The lowest BCUT2D eigenvalue weighted by Gasteiger charge is -2.04. The van der Waals surface area contributed by atoms with Gasteiger partial charge in [0.1, 0.15) is 5.60 Å². The Labute approximate surface area is 56.1 Å². The van der Waals surface area contributed by atoms with E-state index >= 15 is 0 Å². The van der Waals surface area contributed by atoms with Crippen LogP contribution in [0.4, 0.5) is 0 Å². The molecule has 0 radical (unpaired) electrons. The Bertz CT molecular complexity index is 187. The van der Waals surface area contributed by atoms with Crippen molar-refractivity contribution in [1.82, 2.24) is 0 Å². The topological polar surface area (TPSA) is 20.2 Å². The fourth-order valence-electron chi connectivity index (χ4n) is 0.247. The highest BCUT2D eigenvalue weighted by molar-refractivity contribution is 5.28. The molecule has 1 N–H and O–H groups in total. The first-order valence-electron chi connectivity index (χ1n) is 2.72. The van der Waals surface area contributed by atoms with Crippen LogP contribution in [0.1, 0.15) is 20.8 Å². The van der Waals surface area contributed by atoms with Crippen molar-refractivity contribution in [3.63, 3.8) is 0 Å². The molecule has 0 unspecified atom stereocenters. The van der Waals surface area contributed by atoms with Crippen LogP contribution in [0.3, 0.4) is 0 Å². The number of aliphatic hydroxyl groups is 1. The normalized spacial score (nSPS) is 8.44. The van der Waals surface area contributed by atoms with Crippen LogP contribution in [0.2, 0.25) is 0 Å². The predicted molar refractivity (Wildman–Crippen MR) is 37.5 cm³/mol. The molecule has 0 amide bonds. The van der Waals surface area contributed by atoms with E-state index in [4.69, 9.17) is 5.11 Å². The molecule has 1 nitrogen and oxygen atoms in total. The highest BCUT2D eigenvalue weighted by Crippen LogP contribution is 1.95. The van der Waals surface area contributed by atoms with E-state index in [-0.39, 0.29) is 0 Å². The van der Waals surface area contributed by atoms with Crippen LogP contribution in [0.5, 0.6) is 0 Å². The Morgan fingerprint density at radius 1 is 1.22 bits per heavy atom. The lowest BCUT2D eigenvalue weighted by atomic mass is 10.1. The Morgan fingerprint density at radius 3 is 2.11 bits per heavy atom. The number of hydrogen-bond acceptors (Lipinski definition) is 1. The fourth-order valence-corrected chi connectivity index (χ4v) is 0.247. The number of hydrogen-bond donors (Lipinski definition) is 1. The van der Waals surface area contributed by atoms with Crippen molar-refractivity contribution in [3.05, 3.63) is 0 Å². The average Bonchev–Trinajstić information content (AvgIpc) is 1.63. The van der Waals surface area contributed by atoms with Gasteiger partial charge in [-0.1, -0.05) is 11.8 Å². The first-order valence-corrected chi connectivity index (χ1v) is 2.72. The molecule has 0 aliphatic carbocycles. The molecule has 48 valence electrons. The van der Waals surface area contributed by atoms with Crippen LogP contribution in [0.25, 0.3) is 0 Å². The van der Waals surface area contributed by atoms with Gasteiger partial charge in [-0.25, -0.2) is 0 Å². The lowest BCUT2D eigenvalue weighted by molar-refractivity contribution is 0.143. The van der Waals surface area contributed by atoms with Gasteiger partial charge in [-0.05, 0) is 32.6 Å². The molecular weight excluding hydrogens is 112 g/mol. The highest BCUT2D eigenvalue weighted by Gasteiger charge is 2.04. The van der Waals surface area contributed by atoms with Gasteiger partial charge < -0.3 is 5.11 Å². The van der Waals surface area contributed by atoms with E-state index in [2.05, 4.69) is 23.7 Å². The van der Waals surface area contributed by atoms with Gasteiger partial charge in [-0.2, -0.15) is 0 Å². The maximum absolute atomic E-state index is 9.00. The Balaban J connectivity index is 3.99. The van der Waals surface area contributed by atoms with E-state index in [0.29, 0.717) is 0 Å². The second kappa shape index (κ2) is 3.17. The third kappa shape index (κ3) is 7.08. The molecule has 0 spiro atoms. The largest absolute Gasteiger partial charge is 0.378 e. The van der Waals surface area contributed by atoms with Gasteiger partial charge in [-0.15, -0.1) is 0 Å². The summed E-state index contributed by atoms with van der Waals surface area (Å²) in [6, 6.07) is 0. The maximum Gasteiger partial charge on any atom is 0.120 e. The molecule has 0 aromatic heterocycles. The van der Waals surface area contributed by atoms with Crippen molar-refractivity contribution in [2.24, 2.45) is 0 Å². The van der Waals surface area contributed by atoms with Gasteiger partial charge >= 0.3 is 0 Å². The van der Waals surface area contributed by atoms with Gasteiger partial charge in [0.2, 0.25) is 0 Å². The van der Waals surface area contributed by atoms with Crippen LogP contribution in [0, 0.1) is 23.7 Å². The van der Waals surface area contributed by atoms with E-state index in [0.717, 1.165) is 0 Å². The first kappa shape index (κ1) is 8.08. The van der Waals surface area contributed by atoms with Crippen LogP contribution in [-0.2, 0) is 0 Å². The Kier molecular flexibility index (Phi) is 2.85. The second-order valence-electron chi connectivity index (χ2n) is 2.18. The Morgan fingerprint density at radius 2 is 1.78 bits per heavy atom. The van der Waals surface area contributed by atoms with Gasteiger partial charge in [0.05, 0.1) is 0 Å². The molecule has 0 aromatic rings. The molecule has 0 saturated carbocycles. The SMILES string of the molecule is CC#CC#CC(C)(C)O. The lowest BCUT2D eigenvalue weighted by Crippen LogP contribution is -2.14. The van der Waals surface area contributed by atoms with E-state index in [1.54, 1.807) is 20.8 Å². The fraction of sp³-hybridized carbons (Fsp3) is 0.500. The summed E-state index contributed by atoms with van der Waals surface area (Å²) in [6.07, 6.45) is 0. The molecule has 0 aliphatic rings. The van der Waals surface area contributed by atoms with Crippen LogP contribution in [-0.4, -0.2) is 10.7 Å². The smallest absolute Gasteiger partial charge is 0.120 e. The zero-order valence-electron chi connectivity index (χ0n) is 5.95. The van der Waals surface area contributed by atoms with Crippen molar-refractivity contribution >= 4 is 0 Å². The molecule has 0 bridgehead atoms. The zero-order valence-corrected chi connectivity index (χ0v) is 5.95. The molecular formula is C8H10O. The van der Waals surface area contributed by atoms with Crippen molar-refractivity contribution < 1.29 is 5.11 Å². The molecule has 0 heterocycles. The molecule has 0 aromatic carbocycles. The van der Waals surface area contributed by atoms with Crippen LogP contribution >= 0.6 is 0 Å². The molecule has 0 rings (SSSR count). The third-order valence-electron chi connectivity index (χ3n) is 0.556. The van der Waals surface area contributed by atoms with Gasteiger partial charge in [-0.3, -0.25) is 0 Å². The summed E-state index contributed by atoms with van der Waals surface area (Å²) >= 11 is 0.